The number of benzene rings is 1. The molecule has 0 aromatic heterocycles. The van der Waals surface area contributed by atoms with E-state index in [1.807, 2.05) is 11.0 Å². The summed E-state index contributed by atoms with van der Waals surface area (Å²) in [6.45, 7) is 4.78. The summed E-state index contributed by atoms with van der Waals surface area (Å²) < 4.78 is 14.1. The standard InChI is InChI=1S/C17H23FN2O/c1-11-7-8-15(12(2)9-11)20-16(21)10-19-17(20)13-5-3-4-6-14(13)18/h3-6,11-12,15,17,19H,7-10H2,1-2H3. The molecule has 1 saturated carbocycles. The van der Waals surface area contributed by atoms with Crippen molar-refractivity contribution in [1.29, 1.82) is 0 Å². The number of rotatable bonds is 2. The Bertz CT molecular complexity index is 533. The Labute approximate surface area is 125 Å². The van der Waals surface area contributed by atoms with E-state index >= 15 is 0 Å². The van der Waals surface area contributed by atoms with E-state index in [2.05, 4.69) is 19.2 Å². The Morgan fingerprint density at radius 3 is 2.71 bits per heavy atom. The summed E-state index contributed by atoms with van der Waals surface area (Å²) >= 11 is 0. The van der Waals surface area contributed by atoms with Gasteiger partial charge in [-0.25, -0.2) is 4.39 Å². The smallest absolute Gasteiger partial charge is 0.238 e. The van der Waals surface area contributed by atoms with Gasteiger partial charge in [0.15, 0.2) is 0 Å². The molecule has 4 unspecified atom stereocenters. The molecule has 4 atom stereocenters. The fraction of sp³-hybridized carbons (Fsp3) is 0.588. The van der Waals surface area contributed by atoms with Crippen LogP contribution >= 0.6 is 0 Å². The van der Waals surface area contributed by atoms with Crippen LogP contribution in [0.3, 0.4) is 0 Å². The zero-order chi connectivity index (χ0) is 15.0. The minimum atomic E-state index is -0.320. The average Bonchev–Trinajstić information content (AvgIpc) is 2.81. The van der Waals surface area contributed by atoms with Crippen LogP contribution in [-0.2, 0) is 4.79 Å². The normalized spacial score (nSPS) is 33.5. The number of nitrogens with one attached hydrogen (secondary N) is 1. The van der Waals surface area contributed by atoms with Crippen molar-refractivity contribution in [3.8, 4) is 0 Å². The number of halogens is 1. The van der Waals surface area contributed by atoms with Crippen molar-refractivity contribution >= 4 is 5.91 Å². The fourth-order valence-corrected chi connectivity index (χ4v) is 3.91. The monoisotopic (exact) mass is 290 g/mol. The second kappa shape index (κ2) is 5.76. The van der Waals surface area contributed by atoms with E-state index in [1.165, 1.54) is 6.07 Å². The number of hydrogen-bond acceptors (Lipinski definition) is 2. The molecular weight excluding hydrogens is 267 g/mol. The molecule has 3 rings (SSSR count). The van der Waals surface area contributed by atoms with E-state index in [9.17, 15) is 9.18 Å². The Balaban J connectivity index is 1.88. The molecule has 1 aliphatic heterocycles. The van der Waals surface area contributed by atoms with E-state index < -0.39 is 0 Å². The lowest BCUT2D eigenvalue weighted by Crippen LogP contribution is -2.45. The van der Waals surface area contributed by atoms with Gasteiger partial charge in [-0.1, -0.05) is 32.0 Å². The second-order valence-corrected chi connectivity index (χ2v) is 6.57. The van der Waals surface area contributed by atoms with Gasteiger partial charge >= 0.3 is 0 Å². The van der Waals surface area contributed by atoms with Crippen LogP contribution in [0.25, 0.3) is 0 Å². The molecule has 2 aliphatic rings. The minimum absolute atomic E-state index is 0.0923. The van der Waals surface area contributed by atoms with Crippen LogP contribution < -0.4 is 5.32 Å². The van der Waals surface area contributed by atoms with Crippen LogP contribution in [0.15, 0.2) is 24.3 Å². The van der Waals surface area contributed by atoms with Crippen LogP contribution in [0.1, 0.15) is 44.8 Å². The number of amides is 1. The Kier molecular flexibility index (Phi) is 3.98. The molecule has 3 nitrogen and oxygen atoms in total. The number of carbonyl (C=O) groups excluding carboxylic acids is 1. The molecular formula is C17H23FN2O. The number of carbonyl (C=O) groups is 1. The third-order valence-corrected chi connectivity index (χ3v) is 4.96. The van der Waals surface area contributed by atoms with E-state index in [0.717, 1.165) is 19.3 Å². The molecule has 1 N–H and O–H groups in total. The van der Waals surface area contributed by atoms with Gasteiger partial charge in [0.2, 0.25) is 5.91 Å². The summed E-state index contributed by atoms with van der Waals surface area (Å²) in [5.74, 6) is 1.03. The summed E-state index contributed by atoms with van der Waals surface area (Å²) in [5, 5.41) is 3.18. The molecule has 4 heteroatoms. The number of nitrogens with zero attached hydrogens (tertiary/aromatic N) is 1. The zero-order valence-electron chi connectivity index (χ0n) is 12.7. The predicted octanol–water partition coefficient (Wildman–Crippen LogP) is 3.08. The van der Waals surface area contributed by atoms with Gasteiger partial charge in [0.1, 0.15) is 12.0 Å². The molecule has 1 amide bonds. The first-order valence-corrected chi connectivity index (χ1v) is 7.87. The van der Waals surface area contributed by atoms with Crippen molar-refractivity contribution in [3.63, 3.8) is 0 Å². The third-order valence-electron chi connectivity index (χ3n) is 4.96. The maximum absolute atomic E-state index is 14.1. The highest BCUT2D eigenvalue weighted by molar-refractivity contribution is 5.81. The molecule has 0 bridgehead atoms. The summed E-state index contributed by atoms with van der Waals surface area (Å²) in [6, 6.07) is 6.96. The highest BCUT2D eigenvalue weighted by atomic mass is 19.1. The van der Waals surface area contributed by atoms with Crippen molar-refractivity contribution < 1.29 is 9.18 Å². The summed E-state index contributed by atoms with van der Waals surface area (Å²) in [7, 11) is 0. The molecule has 1 saturated heterocycles. The van der Waals surface area contributed by atoms with E-state index in [1.54, 1.807) is 12.1 Å². The molecule has 1 aromatic rings. The summed E-state index contributed by atoms with van der Waals surface area (Å²) in [4.78, 5) is 14.2. The van der Waals surface area contributed by atoms with Gasteiger partial charge in [-0.3, -0.25) is 10.1 Å². The van der Waals surface area contributed by atoms with Gasteiger partial charge in [0.05, 0.1) is 6.54 Å². The Morgan fingerprint density at radius 2 is 2.00 bits per heavy atom. The van der Waals surface area contributed by atoms with Crippen molar-refractivity contribution in [2.45, 2.75) is 45.3 Å². The topological polar surface area (TPSA) is 32.3 Å². The lowest BCUT2D eigenvalue weighted by Gasteiger charge is -2.41. The van der Waals surface area contributed by atoms with Crippen LogP contribution in [0.4, 0.5) is 4.39 Å². The van der Waals surface area contributed by atoms with Crippen LogP contribution in [0.5, 0.6) is 0 Å². The molecule has 2 fully saturated rings. The summed E-state index contributed by atoms with van der Waals surface area (Å²) in [5.41, 5.74) is 0.578. The van der Waals surface area contributed by atoms with Crippen molar-refractivity contribution in [3.05, 3.63) is 35.6 Å². The molecule has 1 aromatic carbocycles. The zero-order valence-corrected chi connectivity index (χ0v) is 12.7. The highest BCUT2D eigenvalue weighted by Gasteiger charge is 2.41. The van der Waals surface area contributed by atoms with E-state index in [-0.39, 0.29) is 23.9 Å². The minimum Gasteiger partial charge on any atom is -0.318 e. The second-order valence-electron chi connectivity index (χ2n) is 6.57. The van der Waals surface area contributed by atoms with Gasteiger partial charge in [-0.05, 0) is 37.2 Å². The van der Waals surface area contributed by atoms with E-state index in [0.29, 0.717) is 23.9 Å². The van der Waals surface area contributed by atoms with Gasteiger partial charge in [-0.15, -0.1) is 0 Å². The van der Waals surface area contributed by atoms with Gasteiger partial charge in [0.25, 0.3) is 0 Å². The lowest BCUT2D eigenvalue weighted by atomic mass is 9.79. The maximum atomic E-state index is 14.1. The third kappa shape index (κ3) is 2.69. The predicted molar refractivity (Wildman–Crippen MR) is 80.0 cm³/mol. The number of hydrogen-bond donors (Lipinski definition) is 1. The van der Waals surface area contributed by atoms with Crippen molar-refractivity contribution in [1.82, 2.24) is 10.2 Å². The Morgan fingerprint density at radius 1 is 1.24 bits per heavy atom. The largest absolute Gasteiger partial charge is 0.318 e. The molecule has 0 radical (unpaired) electrons. The first-order chi connectivity index (χ1) is 10.1. The Hall–Kier alpha value is -1.42. The quantitative estimate of drug-likeness (QED) is 0.908. The molecule has 21 heavy (non-hydrogen) atoms. The average molecular weight is 290 g/mol. The van der Waals surface area contributed by atoms with E-state index in [4.69, 9.17) is 0 Å². The summed E-state index contributed by atoms with van der Waals surface area (Å²) in [6.07, 6.45) is 2.97. The lowest BCUT2D eigenvalue weighted by molar-refractivity contribution is -0.132. The fourth-order valence-electron chi connectivity index (χ4n) is 3.91. The highest BCUT2D eigenvalue weighted by Crippen LogP contribution is 2.37. The SMILES string of the molecule is CC1CCC(N2C(=O)CNC2c2ccccc2F)C(C)C1. The first-order valence-electron chi connectivity index (χ1n) is 7.87. The van der Waals surface area contributed by atoms with Crippen molar-refractivity contribution in [2.75, 3.05) is 6.54 Å². The van der Waals surface area contributed by atoms with Gasteiger partial charge in [0, 0.05) is 11.6 Å². The van der Waals surface area contributed by atoms with Crippen LogP contribution in [0, 0.1) is 17.7 Å². The molecule has 1 aliphatic carbocycles. The molecule has 0 spiro atoms. The van der Waals surface area contributed by atoms with Crippen LogP contribution in [-0.4, -0.2) is 23.4 Å². The van der Waals surface area contributed by atoms with Crippen molar-refractivity contribution in [2.24, 2.45) is 11.8 Å². The molecule has 1 heterocycles. The van der Waals surface area contributed by atoms with Gasteiger partial charge < -0.3 is 4.90 Å². The first kappa shape index (κ1) is 14.5. The molecule has 114 valence electrons. The van der Waals surface area contributed by atoms with Gasteiger partial charge in [-0.2, -0.15) is 0 Å². The maximum Gasteiger partial charge on any atom is 0.238 e. The van der Waals surface area contributed by atoms with Crippen LogP contribution in [0.2, 0.25) is 0 Å².